The maximum absolute atomic E-state index is 13.4. The second-order valence-electron chi connectivity index (χ2n) is 6.13. The number of nitrogens with zero attached hydrogens (tertiary/aromatic N) is 1. The Kier molecular flexibility index (Phi) is 3.97. The summed E-state index contributed by atoms with van der Waals surface area (Å²) in [5.41, 5.74) is 4.97. The van der Waals surface area contributed by atoms with Crippen molar-refractivity contribution in [3.8, 4) is 0 Å². The summed E-state index contributed by atoms with van der Waals surface area (Å²) in [6.45, 7) is 3.90. The van der Waals surface area contributed by atoms with Crippen molar-refractivity contribution in [2.24, 2.45) is 0 Å². The molecule has 2 aliphatic rings. The highest BCUT2D eigenvalue weighted by molar-refractivity contribution is 5.83. The Bertz CT molecular complexity index is 1090. The lowest BCUT2D eigenvalue weighted by Gasteiger charge is -2.19. The monoisotopic (exact) mass is 345 g/mol. The van der Waals surface area contributed by atoms with Gasteiger partial charge in [-0.1, -0.05) is 43.0 Å². The van der Waals surface area contributed by atoms with Crippen molar-refractivity contribution in [2.45, 2.75) is 6.42 Å². The third kappa shape index (κ3) is 3.07. The summed E-state index contributed by atoms with van der Waals surface area (Å²) < 4.78 is 13.4. The van der Waals surface area contributed by atoms with Crippen LogP contribution in [0.2, 0.25) is 0 Å². The Morgan fingerprint density at radius 2 is 2.04 bits per heavy atom. The summed E-state index contributed by atoms with van der Waals surface area (Å²) in [6.07, 6.45) is 12.0. The van der Waals surface area contributed by atoms with Gasteiger partial charge in [-0.2, -0.15) is 5.10 Å². The predicted molar refractivity (Wildman–Crippen MR) is 102 cm³/mol. The lowest BCUT2D eigenvalue weighted by molar-refractivity contribution is 0.626. The normalized spacial score (nSPS) is 15.7. The van der Waals surface area contributed by atoms with Crippen LogP contribution in [0.1, 0.15) is 16.8 Å². The molecule has 0 radical (unpaired) electrons. The van der Waals surface area contributed by atoms with Gasteiger partial charge in [-0.15, -0.1) is 0 Å². The zero-order chi connectivity index (χ0) is 18.1. The van der Waals surface area contributed by atoms with E-state index < -0.39 is 0 Å². The molecule has 26 heavy (non-hydrogen) atoms. The largest absolute Gasteiger partial charge is 0.355 e. The van der Waals surface area contributed by atoms with Gasteiger partial charge in [0.25, 0.3) is 5.56 Å². The van der Waals surface area contributed by atoms with Gasteiger partial charge in [0, 0.05) is 17.0 Å². The summed E-state index contributed by atoms with van der Waals surface area (Å²) in [5, 5.41) is 9.93. The molecule has 1 aliphatic heterocycles. The van der Waals surface area contributed by atoms with E-state index in [0.717, 1.165) is 22.4 Å². The van der Waals surface area contributed by atoms with Crippen molar-refractivity contribution in [2.75, 3.05) is 5.32 Å². The number of halogens is 1. The number of fused-ring (bicyclic) bond motifs is 1. The Morgan fingerprint density at radius 1 is 1.15 bits per heavy atom. The van der Waals surface area contributed by atoms with E-state index in [1.807, 2.05) is 36.5 Å². The first-order chi connectivity index (χ1) is 12.6. The quantitative estimate of drug-likeness (QED) is 0.865. The Labute approximate surface area is 149 Å². The summed E-state index contributed by atoms with van der Waals surface area (Å²) >= 11 is 0. The molecular formula is C21H16FN3O. The minimum atomic E-state index is -0.281. The van der Waals surface area contributed by atoms with Crippen molar-refractivity contribution in [3.63, 3.8) is 0 Å². The highest BCUT2D eigenvalue weighted by Crippen LogP contribution is 2.28. The summed E-state index contributed by atoms with van der Waals surface area (Å²) in [6, 6.07) is 6.33. The molecule has 0 saturated carbocycles. The predicted octanol–water partition coefficient (Wildman–Crippen LogP) is 3.98. The molecule has 0 bridgehead atoms. The smallest absolute Gasteiger partial charge is 0.273 e. The van der Waals surface area contributed by atoms with Crippen LogP contribution in [-0.2, 0) is 6.42 Å². The standard InChI is InChI=1S/C21H16FN3O/c1-13-3-2-4-14(6-5-13)20-12-17(21(26)25-24-20)19-9-7-15-11-16(22)8-10-18(15)23-19/h2-6,8-12,23H,1,7H2,(H,25,26). The molecule has 0 atom stereocenters. The van der Waals surface area contributed by atoms with Crippen LogP contribution in [0, 0.1) is 5.82 Å². The molecule has 128 valence electrons. The van der Waals surface area contributed by atoms with Crippen LogP contribution < -0.4 is 10.9 Å². The summed E-state index contributed by atoms with van der Waals surface area (Å²) in [4.78, 5) is 12.3. The van der Waals surface area contributed by atoms with E-state index in [1.165, 1.54) is 12.1 Å². The van der Waals surface area contributed by atoms with Gasteiger partial charge < -0.3 is 5.32 Å². The lowest BCUT2D eigenvalue weighted by atomic mass is 10.0. The first-order valence-electron chi connectivity index (χ1n) is 8.21. The van der Waals surface area contributed by atoms with Gasteiger partial charge in [-0.25, -0.2) is 9.49 Å². The Morgan fingerprint density at radius 3 is 2.92 bits per heavy atom. The molecule has 0 fully saturated rings. The van der Waals surface area contributed by atoms with Crippen molar-refractivity contribution in [1.82, 2.24) is 10.2 Å². The summed E-state index contributed by atoms with van der Waals surface area (Å²) in [7, 11) is 0. The van der Waals surface area contributed by atoms with Crippen LogP contribution in [0.25, 0.3) is 11.3 Å². The van der Waals surface area contributed by atoms with Crippen molar-refractivity contribution in [3.05, 3.63) is 106 Å². The first kappa shape index (κ1) is 16.0. The zero-order valence-electron chi connectivity index (χ0n) is 13.9. The Hall–Kier alpha value is -3.47. The third-order valence-electron chi connectivity index (χ3n) is 4.32. The molecule has 1 aliphatic carbocycles. The summed E-state index contributed by atoms with van der Waals surface area (Å²) in [5.74, 6) is -0.270. The fourth-order valence-corrected chi connectivity index (χ4v) is 2.95. The van der Waals surface area contributed by atoms with Crippen LogP contribution in [-0.4, -0.2) is 10.2 Å². The van der Waals surface area contributed by atoms with E-state index >= 15 is 0 Å². The maximum Gasteiger partial charge on any atom is 0.273 e. The van der Waals surface area contributed by atoms with Crippen LogP contribution in [0.5, 0.6) is 0 Å². The fraction of sp³-hybridized carbons (Fsp3) is 0.0476. The second kappa shape index (κ2) is 6.44. The van der Waals surface area contributed by atoms with Crippen molar-refractivity contribution in [1.29, 1.82) is 0 Å². The minimum absolute atomic E-state index is 0.270. The maximum atomic E-state index is 13.4. The fourth-order valence-electron chi connectivity index (χ4n) is 2.95. The third-order valence-corrected chi connectivity index (χ3v) is 4.32. The number of anilines is 1. The van der Waals surface area contributed by atoms with Crippen molar-refractivity contribution < 1.29 is 4.39 Å². The van der Waals surface area contributed by atoms with Crippen LogP contribution >= 0.6 is 0 Å². The van der Waals surface area contributed by atoms with Crippen LogP contribution in [0.15, 0.2) is 77.7 Å². The molecule has 4 rings (SSSR count). The zero-order valence-corrected chi connectivity index (χ0v) is 13.9. The highest BCUT2D eigenvalue weighted by Gasteiger charge is 2.16. The number of aromatic amines is 1. The van der Waals surface area contributed by atoms with E-state index in [0.29, 0.717) is 23.4 Å². The first-order valence-corrected chi connectivity index (χ1v) is 8.21. The van der Waals surface area contributed by atoms with E-state index in [4.69, 9.17) is 0 Å². The van der Waals surface area contributed by atoms with Gasteiger partial charge in [-0.3, -0.25) is 4.79 Å². The molecule has 0 amide bonds. The van der Waals surface area contributed by atoms with E-state index in [-0.39, 0.29) is 11.4 Å². The average molecular weight is 345 g/mol. The molecular weight excluding hydrogens is 329 g/mol. The number of hydrogen-bond donors (Lipinski definition) is 2. The number of benzene rings is 1. The molecule has 0 unspecified atom stereocenters. The van der Waals surface area contributed by atoms with E-state index in [9.17, 15) is 9.18 Å². The second-order valence-corrected chi connectivity index (χ2v) is 6.13. The van der Waals surface area contributed by atoms with Gasteiger partial charge in [0.15, 0.2) is 0 Å². The van der Waals surface area contributed by atoms with E-state index in [1.54, 1.807) is 12.1 Å². The van der Waals surface area contributed by atoms with Gasteiger partial charge >= 0.3 is 0 Å². The molecule has 2 aromatic rings. The van der Waals surface area contributed by atoms with Gasteiger partial charge in [0.1, 0.15) is 5.82 Å². The molecule has 5 heteroatoms. The molecule has 1 aromatic heterocycles. The van der Waals surface area contributed by atoms with Gasteiger partial charge in [0.05, 0.1) is 11.3 Å². The number of hydrogen-bond acceptors (Lipinski definition) is 3. The average Bonchev–Trinajstić information content (AvgIpc) is 2.86. The molecule has 4 nitrogen and oxygen atoms in total. The van der Waals surface area contributed by atoms with Crippen LogP contribution in [0.4, 0.5) is 10.1 Å². The topological polar surface area (TPSA) is 57.8 Å². The number of allylic oxidation sites excluding steroid dienone is 8. The highest BCUT2D eigenvalue weighted by atomic mass is 19.1. The molecule has 2 heterocycles. The molecule has 0 saturated heterocycles. The number of H-pyrrole nitrogens is 1. The Balaban J connectivity index is 1.71. The lowest BCUT2D eigenvalue weighted by Crippen LogP contribution is -2.19. The molecule has 2 N–H and O–H groups in total. The minimum Gasteiger partial charge on any atom is -0.355 e. The van der Waals surface area contributed by atoms with Gasteiger partial charge in [0.2, 0.25) is 0 Å². The number of aromatic nitrogens is 2. The van der Waals surface area contributed by atoms with E-state index in [2.05, 4.69) is 22.1 Å². The number of nitrogens with one attached hydrogen (secondary N) is 2. The number of rotatable bonds is 2. The van der Waals surface area contributed by atoms with Crippen LogP contribution in [0.3, 0.4) is 0 Å². The SMILES string of the molecule is C=C1C=CC=C(c2cc(C3=CCc4cc(F)ccc4N3)c(=O)[nH]n2)C=C1. The molecule has 1 aromatic carbocycles. The molecule has 0 spiro atoms. The van der Waals surface area contributed by atoms with Crippen molar-refractivity contribution >= 4 is 17.0 Å². The van der Waals surface area contributed by atoms with Gasteiger partial charge in [-0.05, 0) is 41.8 Å².